The van der Waals surface area contributed by atoms with Crippen LogP contribution in [-0.4, -0.2) is 44.9 Å². The third kappa shape index (κ3) is 5.26. The molecule has 0 atom stereocenters. The number of nitrogens with one attached hydrogen (secondary N) is 2. The van der Waals surface area contributed by atoms with Crippen molar-refractivity contribution in [2.45, 2.75) is 12.8 Å². The Bertz CT molecular complexity index is 724. The average Bonchev–Trinajstić information content (AvgIpc) is 2.73. The maximum Gasteiger partial charge on any atom is 0.319 e. The minimum atomic E-state index is -0.222. The van der Waals surface area contributed by atoms with E-state index in [4.69, 9.17) is 9.47 Å². The number of pyridine rings is 1. The second kappa shape index (κ2) is 9.12. The Morgan fingerprint density at radius 3 is 2.48 bits per heavy atom. The summed E-state index contributed by atoms with van der Waals surface area (Å²) in [6.45, 7) is 2.62. The molecule has 144 valence electrons. The fourth-order valence-corrected chi connectivity index (χ4v) is 3.23. The summed E-state index contributed by atoms with van der Waals surface area (Å²) in [6.07, 6.45) is 5.77. The van der Waals surface area contributed by atoms with Crippen molar-refractivity contribution in [1.82, 2.24) is 10.3 Å². The van der Waals surface area contributed by atoms with Crippen LogP contribution in [0, 0.1) is 5.92 Å². The van der Waals surface area contributed by atoms with E-state index in [2.05, 4.69) is 26.6 Å². The molecule has 27 heavy (non-hydrogen) atoms. The number of amides is 2. The predicted molar refractivity (Wildman–Crippen MR) is 106 cm³/mol. The van der Waals surface area contributed by atoms with Gasteiger partial charge in [-0.05, 0) is 30.9 Å². The van der Waals surface area contributed by atoms with Gasteiger partial charge in [0.05, 0.1) is 26.1 Å². The van der Waals surface area contributed by atoms with Gasteiger partial charge in [-0.1, -0.05) is 0 Å². The fraction of sp³-hybridized carbons (Fsp3) is 0.400. The van der Waals surface area contributed by atoms with E-state index in [0.717, 1.165) is 31.6 Å². The highest BCUT2D eigenvalue weighted by molar-refractivity contribution is 5.89. The monoisotopic (exact) mass is 370 g/mol. The van der Waals surface area contributed by atoms with Gasteiger partial charge in [0.25, 0.3) is 0 Å². The Morgan fingerprint density at radius 2 is 1.89 bits per heavy atom. The molecule has 0 spiro atoms. The van der Waals surface area contributed by atoms with E-state index in [-0.39, 0.29) is 6.03 Å². The quantitative estimate of drug-likeness (QED) is 0.817. The first kappa shape index (κ1) is 18.8. The first-order valence-electron chi connectivity index (χ1n) is 9.11. The van der Waals surface area contributed by atoms with Gasteiger partial charge in [0.2, 0.25) is 0 Å². The van der Waals surface area contributed by atoms with Crippen molar-refractivity contribution in [3.05, 3.63) is 42.7 Å². The SMILES string of the molecule is COc1cc(NC(=O)NCC2CCN(c3cccnc3)CC2)cc(OC)c1. The Balaban J connectivity index is 1.45. The summed E-state index contributed by atoms with van der Waals surface area (Å²) in [4.78, 5) is 18.7. The molecule has 0 radical (unpaired) electrons. The first-order chi connectivity index (χ1) is 13.2. The van der Waals surface area contributed by atoms with Crippen molar-refractivity contribution in [3.63, 3.8) is 0 Å². The number of rotatable bonds is 6. The lowest BCUT2D eigenvalue weighted by Crippen LogP contribution is -2.39. The molecule has 1 fully saturated rings. The van der Waals surface area contributed by atoms with Crippen LogP contribution in [0.2, 0.25) is 0 Å². The lowest BCUT2D eigenvalue weighted by molar-refractivity contribution is 0.248. The number of methoxy groups -OCH3 is 2. The summed E-state index contributed by atoms with van der Waals surface area (Å²) in [7, 11) is 3.16. The molecule has 0 bridgehead atoms. The van der Waals surface area contributed by atoms with Gasteiger partial charge in [-0.25, -0.2) is 4.79 Å². The molecule has 1 aromatic heterocycles. The minimum Gasteiger partial charge on any atom is -0.497 e. The Morgan fingerprint density at radius 1 is 1.19 bits per heavy atom. The number of hydrogen-bond donors (Lipinski definition) is 2. The van der Waals surface area contributed by atoms with Crippen LogP contribution in [-0.2, 0) is 0 Å². The third-order valence-electron chi connectivity index (χ3n) is 4.79. The molecular formula is C20H26N4O3. The van der Waals surface area contributed by atoms with Crippen LogP contribution >= 0.6 is 0 Å². The van der Waals surface area contributed by atoms with E-state index >= 15 is 0 Å². The zero-order valence-electron chi connectivity index (χ0n) is 15.8. The summed E-state index contributed by atoms with van der Waals surface area (Å²) in [5.41, 5.74) is 1.80. The van der Waals surface area contributed by atoms with Crippen molar-refractivity contribution in [2.75, 3.05) is 44.1 Å². The van der Waals surface area contributed by atoms with Gasteiger partial charge in [0.15, 0.2) is 0 Å². The molecule has 2 aromatic rings. The average molecular weight is 370 g/mol. The van der Waals surface area contributed by atoms with Gasteiger partial charge in [-0.3, -0.25) is 4.98 Å². The van der Waals surface area contributed by atoms with Gasteiger partial charge < -0.3 is 25.0 Å². The molecule has 0 saturated carbocycles. The number of benzene rings is 1. The Hall–Kier alpha value is -2.96. The lowest BCUT2D eigenvalue weighted by atomic mass is 9.96. The van der Waals surface area contributed by atoms with E-state index in [0.29, 0.717) is 29.6 Å². The van der Waals surface area contributed by atoms with Gasteiger partial charge in [0.1, 0.15) is 11.5 Å². The summed E-state index contributed by atoms with van der Waals surface area (Å²) in [6, 6.07) is 9.10. The van der Waals surface area contributed by atoms with Gasteiger partial charge >= 0.3 is 6.03 Å². The van der Waals surface area contributed by atoms with Crippen molar-refractivity contribution in [3.8, 4) is 11.5 Å². The smallest absolute Gasteiger partial charge is 0.319 e. The standard InChI is InChI=1S/C20H26N4O3/c1-26-18-10-16(11-19(12-18)27-2)23-20(25)22-13-15-5-8-24(9-6-15)17-4-3-7-21-14-17/h3-4,7,10-12,14-15H,5-6,8-9,13H2,1-2H3,(H2,22,23,25). The van der Waals surface area contributed by atoms with E-state index < -0.39 is 0 Å². The number of ether oxygens (including phenoxy) is 2. The van der Waals surface area contributed by atoms with E-state index in [1.165, 1.54) is 0 Å². The molecule has 1 aliphatic heterocycles. The van der Waals surface area contributed by atoms with Gasteiger partial charge in [-0.2, -0.15) is 0 Å². The number of piperidine rings is 1. The number of urea groups is 1. The third-order valence-corrected chi connectivity index (χ3v) is 4.79. The molecule has 1 aliphatic rings. The van der Waals surface area contributed by atoms with Crippen LogP contribution < -0.4 is 25.0 Å². The minimum absolute atomic E-state index is 0.222. The van der Waals surface area contributed by atoms with Crippen LogP contribution in [0.15, 0.2) is 42.7 Å². The lowest BCUT2D eigenvalue weighted by Gasteiger charge is -2.33. The normalized spacial score (nSPS) is 14.5. The number of aromatic nitrogens is 1. The van der Waals surface area contributed by atoms with E-state index in [9.17, 15) is 4.79 Å². The van der Waals surface area contributed by atoms with E-state index in [1.54, 1.807) is 38.6 Å². The molecule has 0 unspecified atom stereocenters. The highest BCUT2D eigenvalue weighted by Gasteiger charge is 2.20. The van der Waals surface area contributed by atoms with Crippen LogP contribution in [0.25, 0.3) is 0 Å². The Kier molecular flexibility index (Phi) is 6.35. The summed E-state index contributed by atoms with van der Waals surface area (Å²) in [5.74, 6) is 1.74. The number of carbonyl (C=O) groups is 1. The molecule has 3 rings (SSSR count). The summed E-state index contributed by atoms with van der Waals surface area (Å²) in [5, 5.41) is 5.80. The highest BCUT2D eigenvalue weighted by atomic mass is 16.5. The first-order valence-corrected chi connectivity index (χ1v) is 9.11. The molecule has 2 amide bonds. The van der Waals surface area contributed by atoms with Crippen molar-refractivity contribution in [2.24, 2.45) is 5.92 Å². The zero-order chi connectivity index (χ0) is 19.1. The second-order valence-electron chi connectivity index (χ2n) is 6.58. The second-order valence-corrected chi connectivity index (χ2v) is 6.58. The van der Waals surface area contributed by atoms with Crippen LogP contribution in [0.1, 0.15) is 12.8 Å². The molecular weight excluding hydrogens is 344 g/mol. The van der Waals surface area contributed by atoms with Gasteiger partial charge in [0, 0.05) is 49.7 Å². The number of carbonyl (C=O) groups excluding carboxylic acids is 1. The highest BCUT2D eigenvalue weighted by Crippen LogP contribution is 2.26. The fourth-order valence-electron chi connectivity index (χ4n) is 3.23. The molecule has 1 saturated heterocycles. The Labute approximate surface area is 159 Å². The zero-order valence-corrected chi connectivity index (χ0v) is 15.8. The van der Waals surface area contributed by atoms with Crippen LogP contribution in [0.5, 0.6) is 11.5 Å². The molecule has 7 heteroatoms. The van der Waals surface area contributed by atoms with E-state index in [1.807, 2.05) is 12.3 Å². The molecule has 2 heterocycles. The largest absolute Gasteiger partial charge is 0.497 e. The molecule has 2 N–H and O–H groups in total. The van der Waals surface area contributed by atoms with Crippen molar-refractivity contribution >= 4 is 17.4 Å². The summed E-state index contributed by atoms with van der Waals surface area (Å²) < 4.78 is 10.4. The maximum absolute atomic E-state index is 12.2. The predicted octanol–water partition coefficient (Wildman–Crippen LogP) is 3.14. The molecule has 0 aliphatic carbocycles. The number of anilines is 2. The van der Waals surface area contributed by atoms with Crippen LogP contribution in [0.3, 0.4) is 0 Å². The van der Waals surface area contributed by atoms with Crippen molar-refractivity contribution < 1.29 is 14.3 Å². The van der Waals surface area contributed by atoms with Crippen LogP contribution in [0.4, 0.5) is 16.2 Å². The summed E-state index contributed by atoms with van der Waals surface area (Å²) >= 11 is 0. The topological polar surface area (TPSA) is 75.7 Å². The number of nitrogens with zero attached hydrogens (tertiary/aromatic N) is 2. The maximum atomic E-state index is 12.2. The van der Waals surface area contributed by atoms with Gasteiger partial charge in [-0.15, -0.1) is 0 Å². The van der Waals surface area contributed by atoms with Crippen molar-refractivity contribution in [1.29, 1.82) is 0 Å². The number of hydrogen-bond acceptors (Lipinski definition) is 5. The molecule has 7 nitrogen and oxygen atoms in total. The molecule has 1 aromatic carbocycles.